The standard InChI is InChI=1S/C7H10N4O2S/c1-2-4-10(6-8)14(12,13)11-5-3-9-7-11/h2-8H,1H3/b4-2-,8-6?. The zero-order chi connectivity index (χ0) is 10.6. The Balaban J connectivity index is 3.12. The van der Waals surface area contributed by atoms with E-state index in [4.69, 9.17) is 5.41 Å². The lowest BCUT2D eigenvalue weighted by Crippen LogP contribution is -2.29. The van der Waals surface area contributed by atoms with Crippen LogP contribution >= 0.6 is 0 Å². The third-order valence-electron chi connectivity index (χ3n) is 1.44. The van der Waals surface area contributed by atoms with Gasteiger partial charge in [0.1, 0.15) is 12.7 Å². The molecule has 0 aliphatic carbocycles. The van der Waals surface area contributed by atoms with Gasteiger partial charge >= 0.3 is 10.2 Å². The topological polar surface area (TPSA) is 79.0 Å². The van der Waals surface area contributed by atoms with Crippen molar-refractivity contribution in [2.24, 2.45) is 0 Å². The van der Waals surface area contributed by atoms with Crippen molar-refractivity contribution in [1.82, 2.24) is 13.3 Å². The Hall–Kier alpha value is -1.63. The van der Waals surface area contributed by atoms with Gasteiger partial charge in [0.2, 0.25) is 0 Å². The summed E-state index contributed by atoms with van der Waals surface area (Å²) >= 11 is 0. The number of nitrogens with one attached hydrogen (secondary N) is 1. The second-order valence-electron chi connectivity index (χ2n) is 2.34. The Kier molecular flexibility index (Phi) is 3.03. The molecule has 1 N–H and O–H groups in total. The molecule has 1 aromatic rings. The Morgan fingerprint density at radius 3 is 2.71 bits per heavy atom. The zero-order valence-electron chi connectivity index (χ0n) is 7.53. The lowest BCUT2D eigenvalue weighted by Gasteiger charge is -2.13. The first kappa shape index (κ1) is 10.5. The molecule has 0 unspecified atom stereocenters. The molecule has 1 aromatic heterocycles. The highest BCUT2D eigenvalue weighted by Gasteiger charge is 2.17. The summed E-state index contributed by atoms with van der Waals surface area (Å²) in [6, 6.07) is 0. The lowest BCUT2D eigenvalue weighted by molar-refractivity contribution is 0.554. The Morgan fingerprint density at radius 2 is 2.29 bits per heavy atom. The van der Waals surface area contributed by atoms with E-state index >= 15 is 0 Å². The Labute approximate surface area is 82.2 Å². The molecule has 6 nitrogen and oxygen atoms in total. The van der Waals surface area contributed by atoms with Crippen molar-refractivity contribution in [3.05, 3.63) is 31.0 Å². The summed E-state index contributed by atoms with van der Waals surface area (Å²) in [7, 11) is -3.71. The van der Waals surface area contributed by atoms with Crippen molar-refractivity contribution < 1.29 is 8.42 Å². The monoisotopic (exact) mass is 214 g/mol. The molecular formula is C7H10N4O2S. The van der Waals surface area contributed by atoms with Crippen molar-refractivity contribution in [2.75, 3.05) is 0 Å². The van der Waals surface area contributed by atoms with Crippen LogP contribution in [-0.4, -0.2) is 28.0 Å². The first-order valence-electron chi connectivity index (χ1n) is 3.78. The van der Waals surface area contributed by atoms with E-state index in [-0.39, 0.29) is 0 Å². The highest BCUT2D eigenvalue weighted by Crippen LogP contribution is 2.03. The fourth-order valence-electron chi connectivity index (χ4n) is 0.826. The Bertz CT molecular complexity index is 421. The third-order valence-corrected chi connectivity index (χ3v) is 2.94. The molecule has 1 rings (SSSR count). The summed E-state index contributed by atoms with van der Waals surface area (Å²) < 4.78 is 25.0. The molecule has 7 heteroatoms. The molecule has 0 aliphatic rings. The summed E-state index contributed by atoms with van der Waals surface area (Å²) in [5.41, 5.74) is 0. The van der Waals surface area contributed by atoms with Gasteiger partial charge in [-0.2, -0.15) is 8.42 Å². The average Bonchev–Trinajstić information content (AvgIpc) is 2.66. The van der Waals surface area contributed by atoms with Crippen molar-refractivity contribution >= 4 is 16.5 Å². The van der Waals surface area contributed by atoms with Crippen molar-refractivity contribution in [3.63, 3.8) is 0 Å². The van der Waals surface area contributed by atoms with Gasteiger partial charge < -0.3 is 0 Å². The van der Waals surface area contributed by atoms with Crippen LogP contribution in [-0.2, 0) is 10.2 Å². The van der Waals surface area contributed by atoms with E-state index in [0.29, 0.717) is 0 Å². The molecular weight excluding hydrogens is 204 g/mol. The molecule has 0 bridgehead atoms. The quantitative estimate of drug-likeness (QED) is 0.582. The van der Waals surface area contributed by atoms with Gasteiger partial charge in [0.25, 0.3) is 0 Å². The van der Waals surface area contributed by atoms with E-state index in [1.807, 2.05) is 0 Å². The molecule has 0 fully saturated rings. The van der Waals surface area contributed by atoms with E-state index in [0.717, 1.165) is 20.9 Å². The summed E-state index contributed by atoms with van der Waals surface area (Å²) in [6.45, 7) is 1.67. The fraction of sp³-hybridized carbons (Fsp3) is 0.143. The van der Waals surface area contributed by atoms with Gasteiger partial charge in [0.15, 0.2) is 0 Å². The van der Waals surface area contributed by atoms with Crippen LogP contribution in [0.4, 0.5) is 0 Å². The van der Waals surface area contributed by atoms with E-state index in [1.165, 1.54) is 24.7 Å². The number of rotatable bonds is 4. The molecule has 0 atom stereocenters. The second kappa shape index (κ2) is 4.05. The number of allylic oxidation sites excluding steroid dienone is 1. The minimum absolute atomic E-state index is 0.718. The number of imidazole rings is 1. The van der Waals surface area contributed by atoms with Crippen LogP contribution < -0.4 is 0 Å². The first-order chi connectivity index (χ1) is 6.62. The van der Waals surface area contributed by atoms with Crippen LogP contribution in [0.1, 0.15) is 6.92 Å². The van der Waals surface area contributed by atoms with Crippen molar-refractivity contribution in [3.8, 4) is 0 Å². The maximum absolute atomic E-state index is 11.7. The van der Waals surface area contributed by atoms with Gasteiger partial charge in [-0.05, 0) is 6.92 Å². The van der Waals surface area contributed by atoms with Crippen LogP contribution in [0.15, 0.2) is 31.0 Å². The molecule has 0 saturated carbocycles. The van der Waals surface area contributed by atoms with Gasteiger partial charge in [-0.1, -0.05) is 6.08 Å². The van der Waals surface area contributed by atoms with E-state index in [9.17, 15) is 8.42 Å². The van der Waals surface area contributed by atoms with E-state index < -0.39 is 10.2 Å². The molecule has 14 heavy (non-hydrogen) atoms. The maximum atomic E-state index is 11.7. The van der Waals surface area contributed by atoms with Gasteiger partial charge in [-0.15, -0.1) is 0 Å². The molecule has 0 amide bonds. The average molecular weight is 214 g/mol. The van der Waals surface area contributed by atoms with Gasteiger partial charge in [-0.25, -0.2) is 13.3 Å². The molecule has 0 spiro atoms. The summed E-state index contributed by atoms with van der Waals surface area (Å²) in [5.74, 6) is 0. The fourth-order valence-corrected chi connectivity index (χ4v) is 1.83. The number of hydrogen-bond donors (Lipinski definition) is 1. The minimum atomic E-state index is -3.71. The number of hydrogen-bond acceptors (Lipinski definition) is 4. The molecule has 0 saturated heterocycles. The van der Waals surface area contributed by atoms with Gasteiger partial charge in [0.05, 0.1) is 0 Å². The molecule has 0 aliphatic heterocycles. The highest BCUT2D eigenvalue weighted by atomic mass is 32.2. The number of aromatic nitrogens is 2. The van der Waals surface area contributed by atoms with Crippen LogP contribution in [0, 0.1) is 5.41 Å². The largest absolute Gasteiger partial charge is 0.335 e. The minimum Gasteiger partial charge on any atom is -0.290 e. The molecule has 1 heterocycles. The zero-order valence-corrected chi connectivity index (χ0v) is 8.35. The molecule has 0 radical (unpaired) electrons. The maximum Gasteiger partial charge on any atom is 0.335 e. The van der Waals surface area contributed by atoms with Crippen LogP contribution in [0.2, 0.25) is 0 Å². The van der Waals surface area contributed by atoms with Gasteiger partial charge in [-0.3, -0.25) is 5.41 Å². The lowest BCUT2D eigenvalue weighted by atomic mass is 10.7. The SMILES string of the molecule is C/C=C\N(C=N)S(=O)(=O)n1ccnc1. The number of nitrogens with zero attached hydrogens (tertiary/aromatic N) is 3. The normalized spacial score (nSPS) is 11.8. The predicted molar refractivity (Wildman–Crippen MR) is 52.0 cm³/mol. The van der Waals surface area contributed by atoms with E-state index in [1.54, 1.807) is 6.92 Å². The van der Waals surface area contributed by atoms with Crippen LogP contribution in [0.5, 0.6) is 0 Å². The molecule has 76 valence electrons. The highest BCUT2D eigenvalue weighted by molar-refractivity contribution is 7.88. The van der Waals surface area contributed by atoms with Crippen LogP contribution in [0.3, 0.4) is 0 Å². The summed E-state index contributed by atoms with van der Waals surface area (Å²) in [6.07, 6.45) is 7.34. The predicted octanol–water partition coefficient (Wildman–Crippen LogP) is 0.419. The molecule has 0 aromatic carbocycles. The van der Waals surface area contributed by atoms with Gasteiger partial charge in [0, 0.05) is 18.6 Å². The summed E-state index contributed by atoms with van der Waals surface area (Å²) in [5, 5.41) is 6.96. The van der Waals surface area contributed by atoms with Crippen LogP contribution in [0.25, 0.3) is 0 Å². The van der Waals surface area contributed by atoms with Crippen molar-refractivity contribution in [2.45, 2.75) is 6.92 Å². The summed E-state index contributed by atoms with van der Waals surface area (Å²) in [4.78, 5) is 3.62. The first-order valence-corrected chi connectivity index (χ1v) is 5.18. The smallest absolute Gasteiger partial charge is 0.290 e. The van der Waals surface area contributed by atoms with E-state index in [2.05, 4.69) is 4.98 Å². The third kappa shape index (κ3) is 1.82. The van der Waals surface area contributed by atoms with Crippen molar-refractivity contribution in [1.29, 1.82) is 5.41 Å². The second-order valence-corrected chi connectivity index (χ2v) is 4.08. The Morgan fingerprint density at radius 1 is 1.57 bits per heavy atom.